The Morgan fingerprint density at radius 1 is 0.529 bits per heavy atom. The summed E-state index contributed by atoms with van der Waals surface area (Å²) < 4.78 is 5.96. The zero-order valence-corrected chi connectivity index (χ0v) is 19.4. The molecule has 1 N–H and O–H groups in total. The van der Waals surface area contributed by atoms with Crippen molar-refractivity contribution < 1.29 is 9.84 Å². The van der Waals surface area contributed by atoms with Crippen LogP contribution in [0.25, 0.3) is 32.7 Å². The number of hydrogen-bond acceptors (Lipinski definition) is 2. The molecule has 2 nitrogen and oxygen atoms in total. The van der Waals surface area contributed by atoms with Gasteiger partial charge in [-0.15, -0.1) is 0 Å². The van der Waals surface area contributed by atoms with Crippen molar-refractivity contribution in [2.24, 2.45) is 0 Å². The first-order valence-electron chi connectivity index (χ1n) is 12.1. The maximum atomic E-state index is 9.05. The number of fused-ring (bicyclic) bond motifs is 2. The number of benzene rings is 5. The van der Waals surface area contributed by atoms with E-state index in [-0.39, 0.29) is 6.61 Å². The van der Waals surface area contributed by atoms with Gasteiger partial charge in [-0.25, -0.2) is 0 Å². The van der Waals surface area contributed by atoms with Crippen molar-refractivity contribution in [3.05, 3.63) is 120 Å². The lowest BCUT2D eigenvalue weighted by Gasteiger charge is -2.09. The van der Waals surface area contributed by atoms with Gasteiger partial charge in [-0.05, 0) is 74.7 Å². The van der Waals surface area contributed by atoms with E-state index < -0.39 is 0 Å². The summed E-state index contributed by atoms with van der Waals surface area (Å²) >= 11 is 0. The molecule has 0 bridgehead atoms. The van der Waals surface area contributed by atoms with Crippen LogP contribution in [-0.4, -0.2) is 18.3 Å². The topological polar surface area (TPSA) is 29.5 Å². The summed E-state index contributed by atoms with van der Waals surface area (Å²) in [4.78, 5) is 0. The number of aliphatic hydroxyl groups excluding tert-OH is 1. The highest BCUT2D eigenvalue weighted by Crippen LogP contribution is 2.26. The average molecular weight is 447 g/mol. The fourth-order valence-corrected chi connectivity index (χ4v) is 4.48. The van der Waals surface area contributed by atoms with Gasteiger partial charge in [0.05, 0.1) is 13.2 Å². The Bertz CT molecular complexity index is 1390. The second kappa shape index (κ2) is 10.6. The van der Waals surface area contributed by atoms with Crippen LogP contribution in [-0.2, 0) is 24.2 Å². The third-order valence-corrected chi connectivity index (χ3v) is 6.43. The smallest absolute Gasteiger partial charge is 0.0717 e. The number of aliphatic hydroxyl groups is 1. The van der Waals surface area contributed by atoms with Gasteiger partial charge in [0.15, 0.2) is 0 Å². The molecule has 5 rings (SSSR count). The van der Waals surface area contributed by atoms with Crippen LogP contribution >= 0.6 is 0 Å². The number of aryl methyl sites for hydroxylation is 1. The predicted octanol–water partition coefficient (Wildman–Crippen LogP) is 7.34. The minimum absolute atomic E-state index is 0.239. The molecule has 5 aromatic carbocycles. The van der Waals surface area contributed by atoms with Crippen molar-refractivity contribution in [2.75, 3.05) is 13.2 Å². The minimum Gasteiger partial charge on any atom is -0.396 e. The van der Waals surface area contributed by atoms with Gasteiger partial charge in [0, 0.05) is 6.61 Å². The van der Waals surface area contributed by atoms with Gasteiger partial charge in [0.2, 0.25) is 0 Å². The Balaban J connectivity index is 1.17. The SMILES string of the molecule is OCCCc1ccc2cc(-c3ccc(COCCc4ccc5ccccc5c4)cc3)ccc2c1. The highest BCUT2D eigenvalue weighted by Gasteiger charge is 2.03. The van der Waals surface area contributed by atoms with E-state index in [0.29, 0.717) is 13.2 Å². The van der Waals surface area contributed by atoms with Crippen LogP contribution in [0.4, 0.5) is 0 Å². The van der Waals surface area contributed by atoms with Gasteiger partial charge in [0.25, 0.3) is 0 Å². The Morgan fingerprint density at radius 3 is 1.91 bits per heavy atom. The molecule has 0 fully saturated rings. The van der Waals surface area contributed by atoms with Crippen LogP contribution in [0.1, 0.15) is 23.1 Å². The Labute approximate surface area is 201 Å². The minimum atomic E-state index is 0.239. The Hall–Kier alpha value is -3.46. The first-order valence-corrected chi connectivity index (χ1v) is 12.1. The fourth-order valence-electron chi connectivity index (χ4n) is 4.48. The lowest BCUT2D eigenvalue weighted by molar-refractivity contribution is 0.124. The second-order valence-electron chi connectivity index (χ2n) is 8.90. The molecule has 0 heterocycles. The van der Waals surface area contributed by atoms with Crippen molar-refractivity contribution in [3.8, 4) is 11.1 Å². The average Bonchev–Trinajstić information content (AvgIpc) is 2.90. The van der Waals surface area contributed by atoms with E-state index >= 15 is 0 Å². The van der Waals surface area contributed by atoms with Crippen molar-refractivity contribution >= 4 is 21.5 Å². The maximum absolute atomic E-state index is 9.05. The fraction of sp³-hybridized carbons (Fsp3) is 0.188. The normalized spacial score (nSPS) is 11.3. The molecule has 0 aromatic heterocycles. The van der Waals surface area contributed by atoms with Crippen molar-refractivity contribution in [3.63, 3.8) is 0 Å². The van der Waals surface area contributed by atoms with E-state index in [9.17, 15) is 0 Å². The van der Waals surface area contributed by atoms with Crippen molar-refractivity contribution in [1.29, 1.82) is 0 Å². The summed E-state index contributed by atoms with van der Waals surface area (Å²) in [6.07, 6.45) is 2.64. The summed E-state index contributed by atoms with van der Waals surface area (Å²) in [5.74, 6) is 0. The molecule has 5 aromatic rings. The summed E-state index contributed by atoms with van der Waals surface area (Å²) in [6, 6.07) is 37.0. The third-order valence-electron chi connectivity index (χ3n) is 6.43. The van der Waals surface area contributed by atoms with Crippen LogP contribution in [0.5, 0.6) is 0 Å². The highest BCUT2D eigenvalue weighted by atomic mass is 16.5. The number of rotatable bonds is 9. The van der Waals surface area contributed by atoms with Crippen LogP contribution in [0.15, 0.2) is 103 Å². The van der Waals surface area contributed by atoms with Crippen LogP contribution in [0.3, 0.4) is 0 Å². The summed E-state index contributed by atoms with van der Waals surface area (Å²) in [7, 11) is 0. The van der Waals surface area contributed by atoms with Crippen molar-refractivity contribution in [1.82, 2.24) is 0 Å². The van der Waals surface area contributed by atoms with Gasteiger partial charge < -0.3 is 9.84 Å². The first-order chi connectivity index (χ1) is 16.8. The maximum Gasteiger partial charge on any atom is 0.0717 e. The predicted molar refractivity (Wildman–Crippen MR) is 142 cm³/mol. The molecule has 0 saturated carbocycles. The molecule has 2 heteroatoms. The summed E-state index contributed by atoms with van der Waals surface area (Å²) in [5.41, 5.74) is 6.22. The van der Waals surface area contributed by atoms with Crippen LogP contribution in [0.2, 0.25) is 0 Å². The zero-order chi connectivity index (χ0) is 23.2. The molecule has 0 amide bonds. The van der Waals surface area contributed by atoms with Crippen LogP contribution in [0, 0.1) is 0 Å². The summed E-state index contributed by atoms with van der Waals surface area (Å²) in [6.45, 7) is 1.58. The molecule has 0 aliphatic rings. The van der Waals surface area contributed by atoms with E-state index in [4.69, 9.17) is 9.84 Å². The second-order valence-corrected chi connectivity index (χ2v) is 8.90. The number of hydrogen-bond donors (Lipinski definition) is 1. The monoisotopic (exact) mass is 446 g/mol. The number of ether oxygens (including phenoxy) is 1. The molecule has 0 unspecified atom stereocenters. The lowest BCUT2D eigenvalue weighted by Crippen LogP contribution is -1.99. The van der Waals surface area contributed by atoms with E-state index in [1.54, 1.807) is 0 Å². The largest absolute Gasteiger partial charge is 0.396 e. The zero-order valence-electron chi connectivity index (χ0n) is 19.4. The molecule has 0 spiro atoms. The van der Waals surface area contributed by atoms with Gasteiger partial charge >= 0.3 is 0 Å². The molecule has 0 atom stereocenters. The molecule has 34 heavy (non-hydrogen) atoms. The molecule has 0 aliphatic carbocycles. The molecular weight excluding hydrogens is 416 g/mol. The van der Waals surface area contributed by atoms with Crippen LogP contribution < -0.4 is 0 Å². The highest BCUT2D eigenvalue weighted by molar-refractivity contribution is 5.88. The lowest BCUT2D eigenvalue weighted by atomic mass is 9.98. The Morgan fingerprint density at radius 2 is 1.12 bits per heavy atom. The standard InChI is InChI=1S/C32H30O2/c33-18-3-4-24-8-14-32-22-31(16-15-30(32)20-24)28-12-9-26(10-13-28)23-34-19-17-25-7-11-27-5-1-2-6-29(27)21-25/h1-2,5-16,20-22,33H,3-4,17-19,23H2. The van der Waals surface area contributed by atoms with E-state index in [1.807, 2.05) is 0 Å². The van der Waals surface area contributed by atoms with Gasteiger partial charge in [-0.1, -0.05) is 97.1 Å². The molecule has 0 aliphatic heterocycles. The van der Waals surface area contributed by atoms with Gasteiger partial charge in [-0.2, -0.15) is 0 Å². The Kier molecular flexibility index (Phi) is 6.99. The van der Waals surface area contributed by atoms with Gasteiger partial charge in [0.1, 0.15) is 0 Å². The van der Waals surface area contributed by atoms with Crippen molar-refractivity contribution in [2.45, 2.75) is 25.9 Å². The van der Waals surface area contributed by atoms with E-state index in [0.717, 1.165) is 19.3 Å². The molecule has 170 valence electrons. The van der Waals surface area contributed by atoms with E-state index in [1.165, 1.54) is 49.4 Å². The quantitative estimate of drug-likeness (QED) is 0.240. The van der Waals surface area contributed by atoms with Gasteiger partial charge in [-0.3, -0.25) is 0 Å². The molecule has 0 radical (unpaired) electrons. The summed E-state index contributed by atoms with van der Waals surface area (Å²) in [5, 5.41) is 14.1. The third kappa shape index (κ3) is 5.36. The first kappa shape index (κ1) is 22.3. The molecule has 0 saturated heterocycles. The van der Waals surface area contributed by atoms with E-state index in [2.05, 4.69) is 103 Å². The molecular formula is C32H30O2.